The summed E-state index contributed by atoms with van der Waals surface area (Å²) in [6, 6.07) is 0. The van der Waals surface area contributed by atoms with Crippen molar-refractivity contribution in [2.24, 2.45) is 0 Å². The van der Waals surface area contributed by atoms with E-state index in [0.717, 1.165) is 17.8 Å². The molecule has 0 spiro atoms. The van der Waals surface area contributed by atoms with Crippen LogP contribution in [0.5, 0.6) is 0 Å². The maximum Gasteiger partial charge on any atom is 0.355 e. The summed E-state index contributed by atoms with van der Waals surface area (Å²) in [7, 11) is 1.70. The molecule has 0 aliphatic rings. The van der Waals surface area contributed by atoms with E-state index in [1.165, 1.54) is 5.38 Å². The van der Waals surface area contributed by atoms with Crippen molar-refractivity contribution in [3.8, 4) is 0 Å². The van der Waals surface area contributed by atoms with Gasteiger partial charge in [0.1, 0.15) is 0 Å². The molecule has 17 heavy (non-hydrogen) atoms. The standard InChI is InChI=1S/C11H16N2O3S/c1-5-11(2,3)13(4)9(14)8-12-7(6-17-8)10(15)16/h6H,5H2,1-4H3,(H,15,16). The van der Waals surface area contributed by atoms with E-state index in [1.807, 2.05) is 20.8 Å². The molecule has 0 radical (unpaired) electrons. The third-order valence-corrected chi connectivity index (χ3v) is 3.81. The van der Waals surface area contributed by atoms with Gasteiger partial charge in [-0.25, -0.2) is 9.78 Å². The maximum atomic E-state index is 12.1. The summed E-state index contributed by atoms with van der Waals surface area (Å²) in [6.45, 7) is 5.90. The van der Waals surface area contributed by atoms with Gasteiger partial charge in [0, 0.05) is 18.0 Å². The Morgan fingerprint density at radius 3 is 2.53 bits per heavy atom. The first-order chi connectivity index (χ1) is 7.79. The van der Waals surface area contributed by atoms with Gasteiger partial charge in [0.05, 0.1) is 0 Å². The van der Waals surface area contributed by atoms with Gasteiger partial charge in [-0.1, -0.05) is 6.92 Å². The summed E-state index contributed by atoms with van der Waals surface area (Å²) in [5.74, 6) is -1.35. The topological polar surface area (TPSA) is 70.5 Å². The third kappa shape index (κ3) is 2.82. The van der Waals surface area contributed by atoms with Crippen LogP contribution in [0.25, 0.3) is 0 Å². The van der Waals surface area contributed by atoms with Crippen LogP contribution in [0.4, 0.5) is 0 Å². The molecule has 1 rings (SSSR count). The lowest BCUT2D eigenvalue weighted by atomic mass is 10.00. The Balaban J connectivity index is 2.93. The zero-order valence-corrected chi connectivity index (χ0v) is 11.2. The highest BCUT2D eigenvalue weighted by molar-refractivity contribution is 7.11. The summed E-state index contributed by atoms with van der Waals surface area (Å²) in [5.41, 5.74) is -0.354. The van der Waals surface area contributed by atoms with E-state index in [-0.39, 0.29) is 22.1 Å². The highest BCUT2D eigenvalue weighted by Gasteiger charge is 2.28. The average molecular weight is 256 g/mol. The Bertz CT molecular complexity index is 440. The molecule has 0 aromatic carbocycles. The summed E-state index contributed by atoms with van der Waals surface area (Å²) < 4.78 is 0. The number of carboxylic acids is 1. The molecule has 0 saturated carbocycles. The molecule has 0 aliphatic heterocycles. The predicted octanol–water partition coefficient (Wildman–Crippen LogP) is 2.10. The molecule has 1 heterocycles. The van der Waals surface area contributed by atoms with E-state index >= 15 is 0 Å². The zero-order valence-electron chi connectivity index (χ0n) is 10.4. The van der Waals surface area contributed by atoms with E-state index in [2.05, 4.69) is 4.98 Å². The van der Waals surface area contributed by atoms with Crippen LogP contribution in [0.15, 0.2) is 5.38 Å². The summed E-state index contributed by atoms with van der Waals surface area (Å²) >= 11 is 1.06. The SMILES string of the molecule is CCC(C)(C)N(C)C(=O)c1nc(C(=O)O)cs1. The molecule has 1 aromatic rings. The zero-order chi connectivity index (χ0) is 13.2. The number of nitrogens with zero attached hydrogens (tertiary/aromatic N) is 2. The summed E-state index contributed by atoms with van der Waals surface area (Å²) in [5, 5.41) is 10.3. The van der Waals surface area contributed by atoms with Crippen molar-refractivity contribution in [3.63, 3.8) is 0 Å². The minimum atomic E-state index is -1.11. The molecule has 0 atom stereocenters. The number of rotatable bonds is 4. The molecule has 0 aliphatic carbocycles. The number of hydrogen-bond acceptors (Lipinski definition) is 4. The van der Waals surface area contributed by atoms with E-state index < -0.39 is 5.97 Å². The molecule has 1 aromatic heterocycles. The van der Waals surface area contributed by atoms with Gasteiger partial charge in [-0.2, -0.15) is 0 Å². The largest absolute Gasteiger partial charge is 0.476 e. The number of thiazole rings is 1. The Labute approximate surface area is 104 Å². The van der Waals surface area contributed by atoms with Gasteiger partial charge in [-0.15, -0.1) is 11.3 Å². The van der Waals surface area contributed by atoms with Crippen molar-refractivity contribution in [2.45, 2.75) is 32.7 Å². The number of aromatic carboxylic acids is 1. The fourth-order valence-corrected chi connectivity index (χ4v) is 1.89. The number of amides is 1. The van der Waals surface area contributed by atoms with Crippen LogP contribution in [-0.2, 0) is 0 Å². The Morgan fingerprint density at radius 1 is 1.53 bits per heavy atom. The molecule has 0 bridgehead atoms. The van der Waals surface area contributed by atoms with Crippen LogP contribution in [0.2, 0.25) is 0 Å². The molecule has 1 amide bonds. The van der Waals surface area contributed by atoms with Crippen molar-refractivity contribution < 1.29 is 14.7 Å². The Hall–Kier alpha value is -1.43. The second kappa shape index (κ2) is 4.83. The van der Waals surface area contributed by atoms with Crippen LogP contribution in [0.1, 0.15) is 47.5 Å². The number of carbonyl (C=O) groups is 2. The van der Waals surface area contributed by atoms with Crippen molar-refractivity contribution in [1.82, 2.24) is 9.88 Å². The fourth-order valence-electron chi connectivity index (χ4n) is 1.13. The van der Waals surface area contributed by atoms with Gasteiger partial charge >= 0.3 is 5.97 Å². The van der Waals surface area contributed by atoms with Gasteiger partial charge in [-0.3, -0.25) is 4.79 Å². The normalized spacial score (nSPS) is 11.3. The maximum absolute atomic E-state index is 12.1. The molecule has 0 fully saturated rings. The van der Waals surface area contributed by atoms with Crippen molar-refractivity contribution in [1.29, 1.82) is 0 Å². The third-order valence-electron chi connectivity index (χ3n) is 2.98. The molecule has 6 heteroatoms. The van der Waals surface area contributed by atoms with Crippen LogP contribution in [0, 0.1) is 0 Å². The van der Waals surface area contributed by atoms with Gasteiger partial charge in [0.15, 0.2) is 10.7 Å². The van der Waals surface area contributed by atoms with Gasteiger partial charge in [-0.05, 0) is 20.3 Å². The highest BCUT2D eigenvalue weighted by atomic mass is 32.1. The quantitative estimate of drug-likeness (QED) is 0.895. The lowest BCUT2D eigenvalue weighted by Gasteiger charge is -2.34. The van der Waals surface area contributed by atoms with E-state index in [9.17, 15) is 9.59 Å². The van der Waals surface area contributed by atoms with Crippen LogP contribution < -0.4 is 0 Å². The van der Waals surface area contributed by atoms with Crippen molar-refractivity contribution in [3.05, 3.63) is 16.1 Å². The first-order valence-electron chi connectivity index (χ1n) is 5.26. The van der Waals surface area contributed by atoms with E-state index in [1.54, 1.807) is 11.9 Å². The molecule has 0 saturated heterocycles. The van der Waals surface area contributed by atoms with Crippen LogP contribution in [0.3, 0.4) is 0 Å². The van der Waals surface area contributed by atoms with Gasteiger partial charge in [0.2, 0.25) is 0 Å². The molecular formula is C11H16N2O3S. The average Bonchev–Trinajstić information content (AvgIpc) is 2.76. The predicted molar refractivity (Wildman–Crippen MR) is 65.5 cm³/mol. The molecule has 94 valence electrons. The van der Waals surface area contributed by atoms with Crippen molar-refractivity contribution in [2.75, 3.05) is 7.05 Å². The van der Waals surface area contributed by atoms with E-state index in [4.69, 9.17) is 5.11 Å². The molecule has 0 unspecified atom stereocenters. The first kappa shape index (κ1) is 13.6. The monoisotopic (exact) mass is 256 g/mol. The Kier molecular flexibility index (Phi) is 3.87. The lowest BCUT2D eigenvalue weighted by Crippen LogP contribution is -2.44. The fraction of sp³-hybridized carbons (Fsp3) is 0.545. The number of hydrogen-bond donors (Lipinski definition) is 1. The van der Waals surface area contributed by atoms with Gasteiger partial charge < -0.3 is 10.0 Å². The van der Waals surface area contributed by atoms with Crippen LogP contribution in [-0.4, -0.2) is 39.5 Å². The number of carbonyl (C=O) groups excluding carboxylic acids is 1. The van der Waals surface area contributed by atoms with Crippen molar-refractivity contribution >= 4 is 23.2 Å². The molecule has 5 nitrogen and oxygen atoms in total. The smallest absolute Gasteiger partial charge is 0.355 e. The second-order valence-electron chi connectivity index (χ2n) is 4.37. The second-order valence-corrected chi connectivity index (χ2v) is 5.23. The summed E-state index contributed by atoms with van der Waals surface area (Å²) in [6.07, 6.45) is 0.812. The molecule has 1 N–H and O–H groups in total. The number of aromatic nitrogens is 1. The Morgan fingerprint density at radius 2 is 2.12 bits per heavy atom. The number of carboxylic acid groups (broad SMARTS) is 1. The van der Waals surface area contributed by atoms with Gasteiger partial charge in [0.25, 0.3) is 5.91 Å². The minimum absolute atomic E-state index is 0.0824. The molecular weight excluding hydrogens is 240 g/mol. The lowest BCUT2D eigenvalue weighted by molar-refractivity contribution is 0.0619. The summed E-state index contributed by atoms with van der Waals surface area (Å²) in [4.78, 5) is 28.1. The minimum Gasteiger partial charge on any atom is -0.476 e. The van der Waals surface area contributed by atoms with Crippen LogP contribution >= 0.6 is 11.3 Å². The highest BCUT2D eigenvalue weighted by Crippen LogP contribution is 2.20. The first-order valence-corrected chi connectivity index (χ1v) is 6.14. The van der Waals surface area contributed by atoms with E-state index in [0.29, 0.717) is 0 Å².